The van der Waals surface area contributed by atoms with Gasteiger partial charge in [0.25, 0.3) is 0 Å². The number of methoxy groups -OCH3 is 1. The number of hydrogen-bond acceptors (Lipinski definition) is 4. The summed E-state index contributed by atoms with van der Waals surface area (Å²) in [5, 5.41) is 4.86. The van der Waals surface area contributed by atoms with Gasteiger partial charge in [-0.25, -0.2) is 9.78 Å². The quantitative estimate of drug-likeness (QED) is 0.794. The van der Waals surface area contributed by atoms with E-state index in [1.165, 1.54) is 18.4 Å². The number of halogens is 1. The zero-order valence-electron chi connectivity index (χ0n) is 7.04. The Morgan fingerprint density at radius 1 is 1.85 bits per heavy atom. The van der Waals surface area contributed by atoms with Gasteiger partial charge in [0.05, 0.1) is 12.8 Å². The van der Waals surface area contributed by atoms with Crippen molar-refractivity contribution in [3.63, 3.8) is 0 Å². The Morgan fingerprint density at radius 2 is 2.62 bits per heavy atom. The van der Waals surface area contributed by atoms with Crippen molar-refractivity contribution in [2.24, 2.45) is 0 Å². The first kappa shape index (κ1) is 10.3. The first-order chi connectivity index (χ1) is 6.26. The average molecular weight is 221 g/mol. The number of ether oxygens (including phenoxy) is 1. The average Bonchev–Trinajstić information content (AvgIpc) is 2.53. The fraction of sp³-hybridized carbons (Fsp3) is 0.429. The molecule has 0 radical (unpaired) electrons. The van der Waals surface area contributed by atoms with Crippen LogP contribution < -0.4 is 5.32 Å². The van der Waals surface area contributed by atoms with Crippen molar-refractivity contribution in [1.82, 2.24) is 4.98 Å². The molecule has 1 aromatic heterocycles. The van der Waals surface area contributed by atoms with Crippen LogP contribution in [0.1, 0.15) is 5.69 Å². The predicted octanol–water partition coefficient (Wildman–Crippen LogP) is 2.10. The standard InChI is InChI=1S/C7H9ClN2O2S/c1-12-7(11)10-6-9-5(2-3-8)4-13-6/h4H,2-3H2,1H3,(H,9,10,11). The molecule has 0 bridgehead atoms. The summed E-state index contributed by atoms with van der Waals surface area (Å²) < 4.78 is 4.41. The maximum Gasteiger partial charge on any atom is 0.413 e. The molecule has 0 spiro atoms. The summed E-state index contributed by atoms with van der Waals surface area (Å²) in [5.41, 5.74) is 0.881. The molecule has 0 aliphatic heterocycles. The topological polar surface area (TPSA) is 51.2 Å². The molecule has 1 heterocycles. The van der Waals surface area contributed by atoms with E-state index >= 15 is 0 Å². The predicted molar refractivity (Wildman–Crippen MR) is 52.6 cm³/mol. The number of thiazole rings is 1. The van der Waals surface area contributed by atoms with Crippen LogP contribution in [0, 0.1) is 0 Å². The number of aromatic nitrogens is 1. The van der Waals surface area contributed by atoms with Gasteiger partial charge in [-0.3, -0.25) is 5.32 Å². The molecule has 0 fully saturated rings. The fourth-order valence-corrected chi connectivity index (χ4v) is 1.64. The summed E-state index contributed by atoms with van der Waals surface area (Å²) in [7, 11) is 1.31. The molecule has 6 heteroatoms. The van der Waals surface area contributed by atoms with E-state index in [9.17, 15) is 4.79 Å². The zero-order valence-corrected chi connectivity index (χ0v) is 8.61. The molecule has 1 aromatic rings. The molecule has 0 unspecified atom stereocenters. The van der Waals surface area contributed by atoms with Crippen molar-refractivity contribution in [3.8, 4) is 0 Å². The van der Waals surface area contributed by atoms with Crippen molar-refractivity contribution >= 4 is 34.2 Å². The second kappa shape index (κ2) is 5.04. The van der Waals surface area contributed by atoms with Gasteiger partial charge in [-0.05, 0) is 0 Å². The van der Waals surface area contributed by atoms with E-state index in [1.54, 1.807) is 0 Å². The second-order valence-electron chi connectivity index (χ2n) is 2.20. The van der Waals surface area contributed by atoms with Gasteiger partial charge in [-0.1, -0.05) is 0 Å². The van der Waals surface area contributed by atoms with Crippen LogP contribution in [-0.4, -0.2) is 24.1 Å². The molecule has 4 nitrogen and oxygen atoms in total. The van der Waals surface area contributed by atoms with Gasteiger partial charge in [-0.2, -0.15) is 0 Å². The number of rotatable bonds is 3. The summed E-state index contributed by atoms with van der Waals surface area (Å²) in [6, 6.07) is 0. The third kappa shape index (κ3) is 3.20. The van der Waals surface area contributed by atoms with E-state index in [0.29, 0.717) is 17.4 Å². The third-order valence-corrected chi connectivity index (χ3v) is 2.29. The number of nitrogens with one attached hydrogen (secondary N) is 1. The fourth-order valence-electron chi connectivity index (χ4n) is 0.714. The van der Waals surface area contributed by atoms with Gasteiger partial charge in [0.2, 0.25) is 0 Å². The number of aryl methyl sites for hydroxylation is 1. The van der Waals surface area contributed by atoms with E-state index in [2.05, 4.69) is 15.0 Å². The van der Waals surface area contributed by atoms with Crippen LogP contribution in [0.3, 0.4) is 0 Å². The lowest BCUT2D eigenvalue weighted by atomic mass is 10.4. The lowest BCUT2D eigenvalue weighted by Gasteiger charge is -1.96. The van der Waals surface area contributed by atoms with Crippen LogP contribution in [0.4, 0.5) is 9.93 Å². The lowest BCUT2D eigenvalue weighted by Crippen LogP contribution is -2.10. The maximum absolute atomic E-state index is 10.8. The van der Waals surface area contributed by atoms with Crippen LogP contribution in [0.2, 0.25) is 0 Å². The number of hydrogen-bond donors (Lipinski definition) is 1. The molecule has 0 aromatic carbocycles. The Hall–Kier alpha value is -0.810. The van der Waals surface area contributed by atoms with Gasteiger partial charge < -0.3 is 4.74 Å². The van der Waals surface area contributed by atoms with Crippen LogP contribution in [0.5, 0.6) is 0 Å². The summed E-state index contributed by atoms with van der Waals surface area (Å²) >= 11 is 6.88. The minimum atomic E-state index is -0.508. The molecule has 0 saturated heterocycles. The van der Waals surface area contributed by atoms with Gasteiger partial charge in [0.1, 0.15) is 0 Å². The third-order valence-electron chi connectivity index (χ3n) is 1.30. The van der Waals surface area contributed by atoms with E-state index in [0.717, 1.165) is 5.69 Å². The summed E-state index contributed by atoms with van der Waals surface area (Å²) in [4.78, 5) is 14.9. The Labute approximate surface area is 84.9 Å². The Balaban J connectivity index is 2.53. The summed E-state index contributed by atoms with van der Waals surface area (Å²) in [6.07, 6.45) is 0.202. The molecule has 1 amide bonds. The van der Waals surface area contributed by atoms with Crippen molar-refractivity contribution in [2.45, 2.75) is 6.42 Å². The van der Waals surface area contributed by atoms with Crippen LogP contribution >= 0.6 is 22.9 Å². The van der Waals surface area contributed by atoms with Crippen molar-refractivity contribution in [2.75, 3.05) is 18.3 Å². The number of alkyl halides is 1. The van der Waals surface area contributed by atoms with Crippen molar-refractivity contribution < 1.29 is 9.53 Å². The molecule has 0 aliphatic carbocycles. The SMILES string of the molecule is COC(=O)Nc1nc(CCCl)cs1. The smallest absolute Gasteiger partial charge is 0.413 e. The molecule has 13 heavy (non-hydrogen) atoms. The van der Waals surface area contributed by atoms with Gasteiger partial charge in [-0.15, -0.1) is 22.9 Å². The van der Waals surface area contributed by atoms with Crippen molar-refractivity contribution in [1.29, 1.82) is 0 Å². The second-order valence-corrected chi connectivity index (χ2v) is 3.44. The maximum atomic E-state index is 10.8. The van der Waals surface area contributed by atoms with Crippen LogP contribution in [0.15, 0.2) is 5.38 Å². The Kier molecular flexibility index (Phi) is 3.98. The molecule has 1 rings (SSSR count). The molecule has 0 saturated carbocycles. The highest BCUT2D eigenvalue weighted by atomic mass is 35.5. The Morgan fingerprint density at radius 3 is 3.23 bits per heavy atom. The van der Waals surface area contributed by atoms with Crippen molar-refractivity contribution in [3.05, 3.63) is 11.1 Å². The summed E-state index contributed by atoms with van der Waals surface area (Å²) in [6.45, 7) is 0. The Bertz CT molecular complexity index is 290. The lowest BCUT2D eigenvalue weighted by molar-refractivity contribution is 0.187. The number of nitrogens with zero attached hydrogens (tertiary/aromatic N) is 1. The van der Waals surface area contributed by atoms with Gasteiger partial charge in [0, 0.05) is 17.7 Å². The normalized spacial score (nSPS) is 9.69. The van der Waals surface area contributed by atoms with E-state index < -0.39 is 6.09 Å². The number of amides is 1. The minimum absolute atomic E-state index is 0.508. The van der Waals surface area contributed by atoms with Gasteiger partial charge >= 0.3 is 6.09 Å². The number of carbonyl (C=O) groups is 1. The number of carbonyl (C=O) groups excluding carboxylic acids is 1. The molecule has 0 atom stereocenters. The zero-order chi connectivity index (χ0) is 9.68. The molecular formula is C7H9ClN2O2S. The highest BCUT2D eigenvalue weighted by molar-refractivity contribution is 7.13. The first-order valence-corrected chi connectivity index (χ1v) is 5.03. The van der Waals surface area contributed by atoms with Crippen LogP contribution in [0.25, 0.3) is 0 Å². The highest BCUT2D eigenvalue weighted by Gasteiger charge is 2.04. The monoisotopic (exact) mass is 220 g/mol. The number of anilines is 1. The van der Waals surface area contributed by atoms with E-state index in [-0.39, 0.29) is 0 Å². The molecule has 72 valence electrons. The van der Waals surface area contributed by atoms with E-state index in [1.807, 2.05) is 5.38 Å². The first-order valence-electron chi connectivity index (χ1n) is 3.61. The molecular weight excluding hydrogens is 212 g/mol. The minimum Gasteiger partial charge on any atom is -0.453 e. The van der Waals surface area contributed by atoms with Crippen LogP contribution in [-0.2, 0) is 11.2 Å². The molecule has 0 aliphatic rings. The van der Waals surface area contributed by atoms with E-state index in [4.69, 9.17) is 11.6 Å². The highest BCUT2D eigenvalue weighted by Crippen LogP contribution is 2.15. The molecule has 1 N–H and O–H groups in total. The van der Waals surface area contributed by atoms with Gasteiger partial charge in [0.15, 0.2) is 5.13 Å². The summed E-state index contributed by atoms with van der Waals surface area (Å²) in [5.74, 6) is 0.529. The largest absolute Gasteiger partial charge is 0.453 e.